The largest absolute Gasteiger partial charge is 0.480 e. The summed E-state index contributed by atoms with van der Waals surface area (Å²) >= 11 is 1.49. The van der Waals surface area contributed by atoms with Gasteiger partial charge in [0, 0.05) is 17.8 Å². The summed E-state index contributed by atoms with van der Waals surface area (Å²) < 4.78 is 1.21. The zero-order valence-corrected chi connectivity index (χ0v) is 15.1. The van der Waals surface area contributed by atoms with Crippen molar-refractivity contribution in [3.05, 3.63) is 28.8 Å². The Bertz CT molecular complexity index is 753. The van der Waals surface area contributed by atoms with Crippen LogP contribution in [0.15, 0.2) is 11.4 Å². The van der Waals surface area contributed by atoms with E-state index in [4.69, 9.17) is 5.11 Å². The first-order valence-electron chi connectivity index (χ1n) is 7.64. The highest BCUT2D eigenvalue weighted by molar-refractivity contribution is 7.98. The normalized spacial score (nSPS) is 10.7. The molecule has 0 unspecified atom stereocenters. The fraction of sp³-hybridized carbons (Fsp3) is 0.467. The van der Waals surface area contributed by atoms with Crippen molar-refractivity contribution in [1.29, 1.82) is 0 Å². The molecule has 1 amide bonds. The number of carbonyl (C=O) groups is 2. The summed E-state index contributed by atoms with van der Waals surface area (Å²) in [6.07, 6.45) is 4.29. The van der Waals surface area contributed by atoms with Gasteiger partial charge in [0.05, 0.1) is 12.7 Å². The summed E-state index contributed by atoms with van der Waals surface area (Å²) in [5, 5.41) is 19.7. The molecular formula is C15H20N6O3S. The maximum atomic E-state index is 12.0. The average molecular weight is 364 g/mol. The lowest BCUT2D eigenvalue weighted by molar-refractivity contribution is -0.138. The SMILES string of the molecule is CSc1nc(C)c(CCC(=O)NCc2cn(CC(=O)O)nn2)c(C)n1. The number of carbonyl (C=O) groups excluding carboxylic acids is 1. The minimum absolute atomic E-state index is 0.125. The third-order valence-corrected chi connectivity index (χ3v) is 4.08. The lowest BCUT2D eigenvalue weighted by Crippen LogP contribution is -2.23. The van der Waals surface area contributed by atoms with Crippen LogP contribution in [-0.2, 0) is 29.1 Å². The summed E-state index contributed by atoms with van der Waals surface area (Å²) in [6.45, 7) is 3.79. The number of nitrogens with zero attached hydrogens (tertiary/aromatic N) is 5. The Hall–Kier alpha value is -2.49. The molecule has 2 N–H and O–H groups in total. The maximum absolute atomic E-state index is 12.0. The Morgan fingerprint density at radius 1 is 1.28 bits per heavy atom. The summed E-state index contributed by atoms with van der Waals surface area (Å²) in [4.78, 5) is 31.4. The number of hydrogen-bond acceptors (Lipinski definition) is 7. The van der Waals surface area contributed by atoms with Gasteiger partial charge in [0.25, 0.3) is 0 Å². The number of nitrogens with one attached hydrogen (secondary N) is 1. The van der Waals surface area contributed by atoms with Gasteiger partial charge < -0.3 is 10.4 Å². The molecule has 10 heteroatoms. The van der Waals surface area contributed by atoms with Crippen molar-refractivity contribution in [2.45, 2.75) is 44.9 Å². The number of aliphatic carboxylic acids is 1. The zero-order chi connectivity index (χ0) is 18.4. The molecule has 25 heavy (non-hydrogen) atoms. The number of thioether (sulfide) groups is 1. The van der Waals surface area contributed by atoms with Crippen molar-refractivity contribution in [2.24, 2.45) is 0 Å². The highest BCUT2D eigenvalue weighted by Gasteiger charge is 2.11. The quantitative estimate of drug-likeness (QED) is 0.519. The summed E-state index contributed by atoms with van der Waals surface area (Å²) in [6, 6.07) is 0. The first-order valence-corrected chi connectivity index (χ1v) is 8.87. The smallest absolute Gasteiger partial charge is 0.325 e. The number of carboxylic acid groups (broad SMARTS) is 1. The van der Waals surface area contributed by atoms with E-state index in [1.807, 2.05) is 20.1 Å². The van der Waals surface area contributed by atoms with E-state index in [1.165, 1.54) is 22.6 Å². The lowest BCUT2D eigenvalue weighted by Gasteiger charge is -2.10. The van der Waals surface area contributed by atoms with Crippen molar-refractivity contribution in [1.82, 2.24) is 30.3 Å². The van der Waals surface area contributed by atoms with Crippen molar-refractivity contribution in [2.75, 3.05) is 6.26 Å². The van der Waals surface area contributed by atoms with E-state index in [0.29, 0.717) is 18.5 Å². The molecule has 0 saturated heterocycles. The van der Waals surface area contributed by atoms with Crippen LogP contribution in [-0.4, -0.2) is 48.2 Å². The monoisotopic (exact) mass is 364 g/mol. The number of amides is 1. The standard InChI is InChI=1S/C15H20N6O3S/c1-9-12(10(2)18-15(17-9)25-3)4-5-13(22)16-6-11-7-21(20-19-11)8-14(23)24/h7H,4-6,8H2,1-3H3,(H,16,22)(H,23,24). The van der Waals surface area contributed by atoms with Crippen LogP contribution in [0.1, 0.15) is 29.1 Å². The highest BCUT2D eigenvalue weighted by atomic mass is 32.2. The minimum Gasteiger partial charge on any atom is -0.480 e. The van der Waals surface area contributed by atoms with Gasteiger partial charge in [-0.3, -0.25) is 9.59 Å². The third-order valence-electron chi connectivity index (χ3n) is 3.53. The molecular weight excluding hydrogens is 344 g/mol. The van der Waals surface area contributed by atoms with Gasteiger partial charge >= 0.3 is 5.97 Å². The molecule has 2 aromatic rings. The van der Waals surface area contributed by atoms with Crippen LogP contribution in [0.5, 0.6) is 0 Å². The number of rotatable bonds is 8. The Morgan fingerprint density at radius 2 is 1.96 bits per heavy atom. The molecule has 0 spiro atoms. The highest BCUT2D eigenvalue weighted by Crippen LogP contribution is 2.17. The van der Waals surface area contributed by atoms with Crippen LogP contribution in [0.4, 0.5) is 0 Å². The molecule has 0 radical (unpaired) electrons. The second-order valence-corrected chi connectivity index (χ2v) is 6.21. The molecule has 0 bridgehead atoms. The first kappa shape index (κ1) is 18.8. The van der Waals surface area contributed by atoms with E-state index in [9.17, 15) is 9.59 Å². The van der Waals surface area contributed by atoms with E-state index in [1.54, 1.807) is 0 Å². The molecule has 2 rings (SSSR count). The van der Waals surface area contributed by atoms with Gasteiger partial charge in [-0.05, 0) is 32.1 Å². The van der Waals surface area contributed by atoms with E-state index < -0.39 is 5.97 Å². The van der Waals surface area contributed by atoms with Crippen LogP contribution in [0.2, 0.25) is 0 Å². The van der Waals surface area contributed by atoms with Gasteiger partial charge in [0.1, 0.15) is 12.2 Å². The van der Waals surface area contributed by atoms with Crippen molar-refractivity contribution in [3.63, 3.8) is 0 Å². The molecule has 0 aromatic carbocycles. The summed E-state index contributed by atoms with van der Waals surface area (Å²) in [5.74, 6) is -1.12. The second kappa shape index (κ2) is 8.56. The van der Waals surface area contributed by atoms with Crippen molar-refractivity contribution >= 4 is 23.6 Å². The van der Waals surface area contributed by atoms with E-state index >= 15 is 0 Å². The summed E-state index contributed by atoms with van der Waals surface area (Å²) in [5.41, 5.74) is 3.28. The van der Waals surface area contributed by atoms with Crippen molar-refractivity contribution < 1.29 is 14.7 Å². The molecule has 0 atom stereocenters. The first-order chi connectivity index (χ1) is 11.9. The predicted molar refractivity (Wildman–Crippen MR) is 91.1 cm³/mol. The van der Waals surface area contributed by atoms with Gasteiger partial charge in [-0.25, -0.2) is 14.6 Å². The molecule has 0 aliphatic rings. The van der Waals surface area contributed by atoms with Crippen LogP contribution in [0, 0.1) is 13.8 Å². The van der Waals surface area contributed by atoms with Crippen LogP contribution < -0.4 is 5.32 Å². The maximum Gasteiger partial charge on any atom is 0.325 e. The van der Waals surface area contributed by atoms with Crippen LogP contribution >= 0.6 is 11.8 Å². The number of carboxylic acids is 1. The molecule has 134 valence electrons. The Labute approximate surface area is 149 Å². The fourth-order valence-corrected chi connectivity index (χ4v) is 2.77. The van der Waals surface area contributed by atoms with Gasteiger partial charge in [0.15, 0.2) is 5.16 Å². The summed E-state index contributed by atoms with van der Waals surface area (Å²) in [7, 11) is 0. The lowest BCUT2D eigenvalue weighted by atomic mass is 10.1. The number of aryl methyl sites for hydroxylation is 2. The van der Waals surface area contributed by atoms with Crippen LogP contribution in [0.3, 0.4) is 0 Å². The predicted octanol–water partition coefficient (Wildman–Crippen LogP) is 0.740. The molecule has 0 saturated carbocycles. The van der Waals surface area contributed by atoms with Gasteiger partial charge in [-0.1, -0.05) is 17.0 Å². The number of hydrogen-bond donors (Lipinski definition) is 2. The fourth-order valence-electron chi connectivity index (χ4n) is 2.31. The molecule has 2 aromatic heterocycles. The van der Waals surface area contributed by atoms with E-state index in [2.05, 4.69) is 25.6 Å². The molecule has 0 fully saturated rings. The van der Waals surface area contributed by atoms with E-state index in [0.717, 1.165) is 22.1 Å². The zero-order valence-electron chi connectivity index (χ0n) is 14.3. The third kappa shape index (κ3) is 5.52. The van der Waals surface area contributed by atoms with Gasteiger partial charge in [-0.2, -0.15) is 0 Å². The average Bonchev–Trinajstić information content (AvgIpc) is 2.98. The van der Waals surface area contributed by atoms with E-state index in [-0.39, 0.29) is 19.0 Å². The Kier molecular flexibility index (Phi) is 6.45. The molecule has 0 aliphatic carbocycles. The number of aromatic nitrogens is 5. The van der Waals surface area contributed by atoms with Crippen molar-refractivity contribution in [3.8, 4) is 0 Å². The minimum atomic E-state index is -0.999. The van der Waals surface area contributed by atoms with Gasteiger partial charge in [0.2, 0.25) is 5.91 Å². The van der Waals surface area contributed by atoms with Gasteiger partial charge in [-0.15, -0.1) is 5.10 Å². The molecule has 9 nitrogen and oxygen atoms in total. The molecule has 0 aliphatic heterocycles. The Morgan fingerprint density at radius 3 is 2.56 bits per heavy atom. The Balaban J connectivity index is 1.85. The van der Waals surface area contributed by atoms with Crippen LogP contribution in [0.25, 0.3) is 0 Å². The topological polar surface area (TPSA) is 123 Å². The molecule has 2 heterocycles. The second-order valence-electron chi connectivity index (χ2n) is 5.44.